The number of methoxy groups -OCH3 is 1. The van der Waals surface area contributed by atoms with Crippen LogP contribution in [0.4, 0.5) is 5.69 Å². The minimum Gasteiger partial charge on any atom is -0.508 e. The molecule has 0 saturated heterocycles. The third kappa shape index (κ3) is 5.43. The number of phenols is 1. The summed E-state index contributed by atoms with van der Waals surface area (Å²) in [6.45, 7) is 2.54. The van der Waals surface area contributed by atoms with Crippen molar-refractivity contribution in [2.45, 2.75) is 13.3 Å². The monoisotopic (exact) mass is 361 g/mol. The summed E-state index contributed by atoms with van der Waals surface area (Å²) in [5.41, 5.74) is 1.21. The van der Waals surface area contributed by atoms with E-state index in [0.717, 1.165) is 6.42 Å². The number of hydrogen-bond acceptors (Lipinski definition) is 4. The maximum atomic E-state index is 12.0. The topological polar surface area (TPSA) is 67.8 Å². The van der Waals surface area contributed by atoms with Gasteiger partial charge in [0.2, 0.25) is 5.91 Å². The van der Waals surface area contributed by atoms with E-state index in [2.05, 4.69) is 5.32 Å². The van der Waals surface area contributed by atoms with Crippen molar-refractivity contribution in [3.05, 3.63) is 53.1 Å². The molecule has 0 unspecified atom stereocenters. The van der Waals surface area contributed by atoms with E-state index in [1.165, 1.54) is 25.3 Å². The Labute approximate surface area is 151 Å². The van der Waals surface area contributed by atoms with E-state index >= 15 is 0 Å². The van der Waals surface area contributed by atoms with E-state index in [-0.39, 0.29) is 11.7 Å². The first-order valence-corrected chi connectivity index (χ1v) is 8.19. The van der Waals surface area contributed by atoms with Gasteiger partial charge in [-0.3, -0.25) is 4.79 Å². The predicted molar refractivity (Wildman–Crippen MR) is 99.6 cm³/mol. The van der Waals surface area contributed by atoms with Gasteiger partial charge >= 0.3 is 0 Å². The Balaban J connectivity index is 2.12. The number of hydrogen-bond donors (Lipinski definition) is 2. The smallest absolute Gasteiger partial charge is 0.248 e. The van der Waals surface area contributed by atoms with Gasteiger partial charge in [-0.05, 0) is 42.3 Å². The van der Waals surface area contributed by atoms with E-state index in [4.69, 9.17) is 21.1 Å². The highest BCUT2D eigenvalue weighted by atomic mass is 35.5. The molecule has 0 aromatic heterocycles. The summed E-state index contributed by atoms with van der Waals surface area (Å²) in [5.74, 6) is 0.759. The molecule has 0 bridgehead atoms. The van der Waals surface area contributed by atoms with Crippen LogP contribution in [0.25, 0.3) is 6.08 Å². The number of aromatic hydroxyl groups is 1. The molecule has 0 fully saturated rings. The molecule has 0 aliphatic carbocycles. The summed E-state index contributed by atoms with van der Waals surface area (Å²) < 4.78 is 10.9. The molecule has 0 spiro atoms. The lowest BCUT2D eigenvalue weighted by atomic mass is 10.2. The van der Waals surface area contributed by atoms with Gasteiger partial charge < -0.3 is 19.9 Å². The summed E-state index contributed by atoms with van der Waals surface area (Å²) in [7, 11) is 1.53. The summed E-state index contributed by atoms with van der Waals surface area (Å²) in [6, 6.07) is 9.77. The Hall–Kier alpha value is -2.66. The summed E-state index contributed by atoms with van der Waals surface area (Å²) in [5, 5.41) is 12.5. The highest BCUT2D eigenvalue weighted by molar-refractivity contribution is 6.32. The van der Waals surface area contributed by atoms with E-state index < -0.39 is 0 Å². The third-order valence-corrected chi connectivity index (χ3v) is 3.52. The van der Waals surface area contributed by atoms with Gasteiger partial charge in [0.15, 0.2) is 11.5 Å². The van der Waals surface area contributed by atoms with E-state index in [1.807, 2.05) is 6.92 Å². The molecule has 1 amide bonds. The number of ether oxygens (including phenoxy) is 2. The van der Waals surface area contributed by atoms with Crippen LogP contribution in [0.1, 0.15) is 18.9 Å². The molecule has 2 rings (SSSR count). The van der Waals surface area contributed by atoms with Crippen molar-refractivity contribution in [3.63, 3.8) is 0 Å². The van der Waals surface area contributed by atoms with Crippen LogP contribution in [0, 0.1) is 0 Å². The molecular weight excluding hydrogens is 342 g/mol. The lowest BCUT2D eigenvalue weighted by Crippen LogP contribution is -2.07. The number of carbonyl (C=O) groups excluding carboxylic acids is 1. The lowest BCUT2D eigenvalue weighted by Gasteiger charge is -2.12. The van der Waals surface area contributed by atoms with Gasteiger partial charge in [0.1, 0.15) is 5.75 Å². The molecule has 0 heterocycles. The molecule has 6 heteroatoms. The molecule has 25 heavy (non-hydrogen) atoms. The second-order valence-corrected chi connectivity index (χ2v) is 5.66. The second-order valence-electron chi connectivity index (χ2n) is 5.26. The minimum atomic E-state index is -0.327. The van der Waals surface area contributed by atoms with E-state index in [0.29, 0.717) is 34.4 Å². The number of halogens is 1. The van der Waals surface area contributed by atoms with Crippen LogP contribution < -0.4 is 14.8 Å². The van der Waals surface area contributed by atoms with Gasteiger partial charge in [0.05, 0.1) is 18.7 Å². The quantitative estimate of drug-likeness (QED) is 0.713. The molecule has 2 N–H and O–H groups in total. The van der Waals surface area contributed by atoms with Crippen LogP contribution in [-0.2, 0) is 4.79 Å². The third-order valence-electron chi connectivity index (χ3n) is 3.24. The number of phenolic OH excluding ortho intramolecular Hbond substituents is 1. The zero-order valence-electron chi connectivity index (χ0n) is 14.1. The van der Waals surface area contributed by atoms with Crippen LogP contribution >= 0.6 is 11.6 Å². The first-order chi connectivity index (χ1) is 12.0. The van der Waals surface area contributed by atoms with Crippen molar-refractivity contribution < 1.29 is 19.4 Å². The molecule has 0 atom stereocenters. The number of amides is 1. The SMILES string of the molecule is CCCOc1c(Cl)cc(/C=C/C(=O)Nc2cccc(O)c2)cc1OC. The first kappa shape index (κ1) is 18.7. The average molecular weight is 362 g/mol. The lowest BCUT2D eigenvalue weighted by molar-refractivity contribution is -0.111. The average Bonchev–Trinajstić information content (AvgIpc) is 2.58. The number of anilines is 1. The van der Waals surface area contributed by atoms with Gasteiger partial charge in [0, 0.05) is 17.8 Å². The van der Waals surface area contributed by atoms with Crippen molar-refractivity contribution in [2.24, 2.45) is 0 Å². The highest BCUT2D eigenvalue weighted by Gasteiger charge is 2.11. The van der Waals surface area contributed by atoms with E-state index in [9.17, 15) is 9.90 Å². The Morgan fingerprint density at radius 1 is 1.32 bits per heavy atom. The maximum absolute atomic E-state index is 12.0. The number of carbonyl (C=O) groups is 1. The fraction of sp³-hybridized carbons (Fsp3) is 0.211. The largest absolute Gasteiger partial charge is 0.508 e. The molecule has 5 nitrogen and oxygen atoms in total. The van der Waals surface area contributed by atoms with Gasteiger partial charge in [-0.2, -0.15) is 0 Å². The van der Waals surface area contributed by atoms with Gasteiger partial charge in [-0.25, -0.2) is 0 Å². The highest BCUT2D eigenvalue weighted by Crippen LogP contribution is 2.36. The van der Waals surface area contributed by atoms with Crippen molar-refractivity contribution in [1.29, 1.82) is 0 Å². The Morgan fingerprint density at radius 2 is 2.12 bits per heavy atom. The zero-order chi connectivity index (χ0) is 18.2. The molecule has 0 radical (unpaired) electrons. The molecular formula is C19H20ClNO4. The molecule has 132 valence electrons. The Morgan fingerprint density at radius 3 is 2.80 bits per heavy atom. The van der Waals surface area contributed by atoms with Crippen LogP contribution in [0.3, 0.4) is 0 Å². The fourth-order valence-electron chi connectivity index (χ4n) is 2.12. The summed E-state index contributed by atoms with van der Waals surface area (Å²) in [6.07, 6.45) is 3.86. The van der Waals surface area contributed by atoms with Gasteiger partial charge in [-0.1, -0.05) is 24.6 Å². The summed E-state index contributed by atoms with van der Waals surface area (Å²) in [4.78, 5) is 12.0. The van der Waals surface area contributed by atoms with Crippen molar-refractivity contribution >= 4 is 29.3 Å². The zero-order valence-corrected chi connectivity index (χ0v) is 14.8. The maximum Gasteiger partial charge on any atom is 0.248 e. The van der Waals surface area contributed by atoms with Crippen molar-refractivity contribution in [1.82, 2.24) is 0 Å². The number of benzene rings is 2. The normalized spacial score (nSPS) is 10.7. The number of nitrogens with one attached hydrogen (secondary N) is 1. The van der Waals surface area contributed by atoms with Crippen molar-refractivity contribution in [2.75, 3.05) is 19.0 Å². The molecule has 2 aromatic carbocycles. The van der Waals surface area contributed by atoms with Crippen LogP contribution in [0.2, 0.25) is 5.02 Å². The number of rotatable bonds is 7. The van der Waals surface area contributed by atoms with Crippen LogP contribution in [0.5, 0.6) is 17.2 Å². The Kier molecular flexibility index (Phi) is 6.71. The molecule has 2 aromatic rings. The Bertz CT molecular complexity index is 774. The molecule has 0 saturated carbocycles. The van der Waals surface area contributed by atoms with E-state index in [1.54, 1.807) is 30.3 Å². The predicted octanol–water partition coefficient (Wildman–Crippen LogP) is 4.49. The fourth-order valence-corrected chi connectivity index (χ4v) is 2.39. The molecule has 0 aliphatic heterocycles. The minimum absolute atomic E-state index is 0.0842. The van der Waals surface area contributed by atoms with Crippen LogP contribution in [-0.4, -0.2) is 24.7 Å². The summed E-state index contributed by atoms with van der Waals surface area (Å²) >= 11 is 6.24. The van der Waals surface area contributed by atoms with Crippen LogP contribution in [0.15, 0.2) is 42.5 Å². The van der Waals surface area contributed by atoms with Crippen molar-refractivity contribution in [3.8, 4) is 17.2 Å². The standard InChI is InChI=1S/C19H20ClNO4/c1-3-9-25-19-16(20)10-13(11-17(19)24-2)7-8-18(23)21-14-5-4-6-15(22)12-14/h4-8,10-12,22H,3,9H2,1-2H3,(H,21,23)/b8-7+. The molecule has 0 aliphatic rings. The van der Waals surface area contributed by atoms with Gasteiger partial charge in [-0.15, -0.1) is 0 Å². The van der Waals surface area contributed by atoms with Gasteiger partial charge in [0.25, 0.3) is 0 Å². The second kappa shape index (κ2) is 8.99. The first-order valence-electron chi connectivity index (χ1n) is 7.82.